The predicted molar refractivity (Wildman–Crippen MR) is 74.8 cm³/mol. The third-order valence-electron chi connectivity index (χ3n) is 3.32. The summed E-state index contributed by atoms with van der Waals surface area (Å²) in [7, 11) is 1.47. The molecule has 1 aliphatic rings. The van der Waals surface area contributed by atoms with Crippen molar-refractivity contribution in [2.45, 2.75) is 32.9 Å². The molecule has 0 spiro atoms. The predicted octanol–water partition coefficient (Wildman–Crippen LogP) is -0.358. The van der Waals surface area contributed by atoms with E-state index in [4.69, 9.17) is 4.74 Å². The van der Waals surface area contributed by atoms with Crippen molar-refractivity contribution >= 4 is 17.9 Å². The molecule has 1 fully saturated rings. The molecule has 1 aliphatic heterocycles. The van der Waals surface area contributed by atoms with Gasteiger partial charge in [-0.15, -0.1) is 0 Å². The van der Waals surface area contributed by atoms with Gasteiger partial charge in [0.1, 0.15) is 12.1 Å². The van der Waals surface area contributed by atoms with Gasteiger partial charge in [-0.3, -0.25) is 4.79 Å². The molecule has 120 valence electrons. The van der Waals surface area contributed by atoms with E-state index in [9.17, 15) is 19.5 Å². The Kier molecular flexibility index (Phi) is 5.54. The van der Waals surface area contributed by atoms with Crippen LogP contribution in [0.5, 0.6) is 0 Å². The number of ether oxygens (including phenoxy) is 1. The molecule has 0 aliphatic carbocycles. The van der Waals surface area contributed by atoms with Gasteiger partial charge in [-0.2, -0.15) is 0 Å². The number of nitrogens with zero attached hydrogens (tertiary/aromatic N) is 1. The Morgan fingerprint density at radius 3 is 2.43 bits per heavy atom. The second kappa shape index (κ2) is 6.75. The van der Waals surface area contributed by atoms with E-state index < -0.39 is 29.5 Å². The number of aliphatic carboxylic acids is 1. The topological polar surface area (TPSA) is 108 Å². The van der Waals surface area contributed by atoms with Gasteiger partial charge in [0.05, 0.1) is 13.2 Å². The molecule has 3 amide bonds. The van der Waals surface area contributed by atoms with Gasteiger partial charge in [-0.1, -0.05) is 20.8 Å². The molecule has 0 aromatic heterocycles. The van der Waals surface area contributed by atoms with E-state index in [1.807, 2.05) is 0 Å². The number of likely N-dealkylation sites (N-methyl/N-ethyl adjacent to an activating group) is 1. The molecule has 21 heavy (non-hydrogen) atoms. The van der Waals surface area contributed by atoms with Crippen LogP contribution in [0.4, 0.5) is 4.79 Å². The third kappa shape index (κ3) is 4.32. The molecule has 0 radical (unpaired) electrons. The molecular weight excluding hydrogens is 278 g/mol. The number of carboxylic acids is 1. The van der Waals surface area contributed by atoms with Gasteiger partial charge in [0, 0.05) is 13.6 Å². The maximum Gasteiger partial charge on any atom is 0.326 e. The van der Waals surface area contributed by atoms with Gasteiger partial charge in [0.15, 0.2) is 0 Å². The summed E-state index contributed by atoms with van der Waals surface area (Å²) in [5.41, 5.74) is -0.643. The van der Waals surface area contributed by atoms with Crippen molar-refractivity contribution < 1.29 is 24.2 Å². The fourth-order valence-corrected chi connectivity index (χ4v) is 2.09. The fourth-order valence-electron chi connectivity index (χ4n) is 2.09. The largest absolute Gasteiger partial charge is 0.480 e. The summed E-state index contributed by atoms with van der Waals surface area (Å²) in [5.74, 6) is -1.45. The van der Waals surface area contributed by atoms with Crippen molar-refractivity contribution in [2.24, 2.45) is 5.41 Å². The summed E-state index contributed by atoms with van der Waals surface area (Å²) < 4.78 is 5.21. The van der Waals surface area contributed by atoms with E-state index in [1.165, 1.54) is 11.9 Å². The summed E-state index contributed by atoms with van der Waals surface area (Å²) in [4.78, 5) is 36.7. The maximum absolute atomic E-state index is 12.3. The SMILES string of the molecule is CNC(=O)C1COCCN1C(=O)N[C@@H](C(=O)O)C(C)(C)C. The monoisotopic (exact) mass is 301 g/mol. The Morgan fingerprint density at radius 1 is 1.33 bits per heavy atom. The van der Waals surface area contributed by atoms with Crippen LogP contribution in [-0.4, -0.2) is 66.8 Å². The van der Waals surface area contributed by atoms with Crippen LogP contribution in [0.25, 0.3) is 0 Å². The van der Waals surface area contributed by atoms with Gasteiger partial charge >= 0.3 is 12.0 Å². The summed E-state index contributed by atoms with van der Waals surface area (Å²) in [6, 6.07) is -2.37. The Hall–Kier alpha value is -1.83. The van der Waals surface area contributed by atoms with E-state index in [0.29, 0.717) is 6.61 Å². The second-order valence-corrected chi connectivity index (χ2v) is 5.99. The highest BCUT2D eigenvalue weighted by Gasteiger charge is 2.37. The number of amides is 3. The van der Waals surface area contributed by atoms with Gasteiger partial charge in [-0.25, -0.2) is 9.59 Å². The van der Waals surface area contributed by atoms with Gasteiger partial charge in [0.25, 0.3) is 0 Å². The molecule has 0 aromatic carbocycles. The van der Waals surface area contributed by atoms with Gasteiger partial charge in [-0.05, 0) is 5.41 Å². The fraction of sp³-hybridized carbons (Fsp3) is 0.769. The van der Waals surface area contributed by atoms with Crippen LogP contribution in [-0.2, 0) is 14.3 Å². The minimum absolute atomic E-state index is 0.0976. The van der Waals surface area contributed by atoms with Crippen molar-refractivity contribution in [2.75, 3.05) is 26.8 Å². The lowest BCUT2D eigenvalue weighted by Crippen LogP contribution is -2.61. The molecule has 1 saturated heterocycles. The normalized spacial score (nSPS) is 20.6. The highest BCUT2D eigenvalue weighted by Crippen LogP contribution is 2.20. The van der Waals surface area contributed by atoms with Crippen LogP contribution in [0.2, 0.25) is 0 Å². The molecule has 8 heteroatoms. The molecule has 1 unspecified atom stereocenters. The number of carbonyl (C=O) groups excluding carboxylic acids is 2. The van der Waals surface area contributed by atoms with Crippen LogP contribution < -0.4 is 10.6 Å². The zero-order valence-corrected chi connectivity index (χ0v) is 12.8. The molecule has 0 saturated carbocycles. The van der Waals surface area contributed by atoms with E-state index in [-0.39, 0.29) is 19.1 Å². The van der Waals surface area contributed by atoms with Crippen LogP contribution in [0, 0.1) is 5.41 Å². The van der Waals surface area contributed by atoms with Crippen LogP contribution in [0.1, 0.15) is 20.8 Å². The lowest BCUT2D eigenvalue weighted by molar-refractivity contribution is -0.142. The van der Waals surface area contributed by atoms with Crippen molar-refractivity contribution in [3.8, 4) is 0 Å². The number of rotatable bonds is 3. The molecule has 3 N–H and O–H groups in total. The first kappa shape index (κ1) is 17.2. The first-order valence-corrected chi connectivity index (χ1v) is 6.77. The van der Waals surface area contributed by atoms with E-state index in [1.54, 1.807) is 20.8 Å². The first-order chi connectivity index (χ1) is 9.68. The average Bonchev–Trinajstić information content (AvgIpc) is 2.42. The molecule has 8 nitrogen and oxygen atoms in total. The first-order valence-electron chi connectivity index (χ1n) is 6.77. The molecular formula is C13H23N3O5. The number of hydrogen-bond acceptors (Lipinski definition) is 4. The van der Waals surface area contributed by atoms with Crippen molar-refractivity contribution in [1.29, 1.82) is 0 Å². The highest BCUT2D eigenvalue weighted by atomic mass is 16.5. The van der Waals surface area contributed by atoms with Crippen LogP contribution >= 0.6 is 0 Å². The van der Waals surface area contributed by atoms with Crippen molar-refractivity contribution in [1.82, 2.24) is 15.5 Å². The molecule has 0 bridgehead atoms. The van der Waals surface area contributed by atoms with Crippen molar-refractivity contribution in [3.63, 3.8) is 0 Å². The second-order valence-electron chi connectivity index (χ2n) is 5.99. The van der Waals surface area contributed by atoms with Gasteiger partial charge < -0.3 is 25.4 Å². The van der Waals surface area contributed by atoms with Crippen LogP contribution in [0.15, 0.2) is 0 Å². The maximum atomic E-state index is 12.3. The summed E-state index contributed by atoms with van der Waals surface area (Å²) >= 11 is 0. The summed E-state index contributed by atoms with van der Waals surface area (Å²) in [6.07, 6.45) is 0. The molecule has 2 atom stereocenters. The number of carboxylic acid groups (broad SMARTS) is 1. The molecule has 1 heterocycles. The summed E-state index contributed by atoms with van der Waals surface area (Å²) in [6.45, 7) is 5.82. The van der Waals surface area contributed by atoms with E-state index >= 15 is 0 Å². The standard InChI is InChI=1S/C13H23N3O5/c1-13(2,3)9(11(18)19)15-12(20)16-5-6-21-7-8(16)10(17)14-4/h8-9H,5-7H2,1-4H3,(H,14,17)(H,15,20)(H,18,19)/t8?,9-/m0/s1. The lowest BCUT2D eigenvalue weighted by atomic mass is 9.87. The Morgan fingerprint density at radius 2 is 1.95 bits per heavy atom. The zero-order valence-electron chi connectivity index (χ0n) is 12.8. The molecule has 0 aromatic rings. The minimum atomic E-state index is -1.11. The number of carbonyl (C=O) groups is 3. The van der Waals surface area contributed by atoms with Crippen LogP contribution in [0.3, 0.4) is 0 Å². The third-order valence-corrected chi connectivity index (χ3v) is 3.32. The highest BCUT2D eigenvalue weighted by molar-refractivity contribution is 5.89. The quantitative estimate of drug-likeness (QED) is 0.660. The number of hydrogen-bond donors (Lipinski definition) is 3. The van der Waals surface area contributed by atoms with Crippen molar-refractivity contribution in [3.05, 3.63) is 0 Å². The number of nitrogens with one attached hydrogen (secondary N) is 2. The Balaban J connectivity index is 2.84. The van der Waals surface area contributed by atoms with E-state index in [2.05, 4.69) is 10.6 Å². The Labute approximate surface area is 123 Å². The number of urea groups is 1. The van der Waals surface area contributed by atoms with Gasteiger partial charge in [0.2, 0.25) is 5.91 Å². The average molecular weight is 301 g/mol. The molecule has 1 rings (SSSR count). The summed E-state index contributed by atoms with van der Waals surface area (Å²) in [5, 5.41) is 14.2. The number of morpholine rings is 1. The zero-order chi connectivity index (χ0) is 16.2. The lowest BCUT2D eigenvalue weighted by Gasteiger charge is -2.36. The smallest absolute Gasteiger partial charge is 0.326 e. The van der Waals surface area contributed by atoms with E-state index in [0.717, 1.165) is 0 Å². The minimum Gasteiger partial charge on any atom is -0.480 e. The Bertz CT molecular complexity index is 419.